The molecular formula is C45H48N6O7S. The number of nitrogens with zero attached hydrogens (tertiary/aromatic N) is 3. The van der Waals surface area contributed by atoms with E-state index in [1.54, 1.807) is 30.6 Å². The van der Waals surface area contributed by atoms with Gasteiger partial charge in [-0.25, -0.2) is 18.1 Å². The number of aromatic amines is 1. The minimum absolute atomic E-state index is 0.0146. The van der Waals surface area contributed by atoms with Gasteiger partial charge in [-0.05, 0) is 135 Å². The Morgan fingerprint density at radius 3 is 2.59 bits per heavy atom. The van der Waals surface area contributed by atoms with Crippen molar-refractivity contribution in [3.05, 3.63) is 124 Å². The highest BCUT2D eigenvalue weighted by Gasteiger charge is 2.36. The van der Waals surface area contributed by atoms with Crippen molar-refractivity contribution < 1.29 is 27.6 Å². The minimum Gasteiger partial charge on any atom is -0.455 e. The van der Waals surface area contributed by atoms with Crippen LogP contribution in [0.1, 0.15) is 96.8 Å². The summed E-state index contributed by atoms with van der Waals surface area (Å²) in [6, 6.07) is 22.3. The van der Waals surface area contributed by atoms with Crippen molar-refractivity contribution in [1.29, 1.82) is 0 Å². The van der Waals surface area contributed by atoms with Crippen LogP contribution in [0.4, 0.5) is 11.4 Å². The van der Waals surface area contributed by atoms with Gasteiger partial charge < -0.3 is 19.8 Å². The van der Waals surface area contributed by atoms with Crippen LogP contribution >= 0.6 is 0 Å². The van der Waals surface area contributed by atoms with Crippen LogP contribution < -0.4 is 14.8 Å². The van der Waals surface area contributed by atoms with Crippen LogP contribution in [0, 0.1) is 16.0 Å². The molecule has 4 aliphatic rings. The lowest BCUT2D eigenvalue weighted by molar-refractivity contribution is -0.384. The fourth-order valence-electron chi connectivity index (χ4n) is 9.04. The second-order valence-corrected chi connectivity index (χ2v) is 17.8. The summed E-state index contributed by atoms with van der Waals surface area (Å²) in [5.41, 5.74) is 5.50. The van der Waals surface area contributed by atoms with Crippen LogP contribution in [-0.4, -0.2) is 66.5 Å². The number of hydrogen-bond donors (Lipinski definition) is 3. The van der Waals surface area contributed by atoms with E-state index in [0.29, 0.717) is 49.2 Å². The second-order valence-electron chi connectivity index (χ2n) is 16.2. The third-order valence-corrected chi connectivity index (χ3v) is 13.7. The van der Waals surface area contributed by atoms with E-state index in [4.69, 9.17) is 9.47 Å². The summed E-state index contributed by atoms with van der Waals surface area (Å²) in [6.07, 6.45) is 14.9. The Bertz CT molecular complexity index is 2530. The predicted molar refractivity (Wildman–Crippen MR) is 225 cm³/mol. The van der Waals surface area contributed by atoms with E-state index >= 15 is 0 Å². The van der Waals surface area contributed by atoms with Gasteiger partial charge in [0.15, 0.2) is 0 Å². The van der Waals surface area contributed by atoms with Crippen molar-refractivity contribution in [2.45, 2.75) is 80.7 Å². The SMILES string of the molecule is O=C(NS(=O)(=O)c1ccc(NCC2CCOCC2)c([N+](=O)[O-])c1)c1ccc(C2=CC[C@H](N3CCC[C@H]3c3ccccc3C3CC3)CC2)cc1Oc1cnc2[nH]ccc2c1. The third kappa shape index (κ3) is 8.48. The van der Waals surface area contributed by atoms with Crippen LogP contribution in [0.25, 0.3) is 16.6 Å². The summed E-state index contributed by atoms with van der Waals surface area (Å²) in [6.45, 7) is 2.85. The second kappa shape index (κ2) is 16.6. The zero-order valence-corrected chi connectivity index (χ0v) is 33.6. The standard InChI is InChI=1S/C45H48N6O7S/c52-45(49-59(55,56)36-14-16-40(42(26-36)51(53)54)47-27-29-18-22-57-23-19-29)39-15-11-32(25-43(39)58-35-24-33-17-20-46-44(33)48-28-35)30-9-12-34(13-10-30)50-21-3-6-41(50)38-5-2-1-4-37(38)31-7-8-31/h1-2,4-5,9,11,14-17,20,24-26,28-29,31,34,41,47H,3,6-8,10,12-13,18-19,21-23,27H2,(H,46,48)(H,49,52)/t34-,41-/m0/s1. The molecule has 13 nitrogen and oxygen atoms in total. The van der Waals surface area contributed by atoms with Gasteiger partial charge >= 0.3 is 0 Å². The number of ether oxygens (including phenoxy) is 2. The topological polar surface area (TPSA) is 169 Å². The molecule has 2 atom stereocenters. The summed E-state index contributed by atoms with van der Waals surface area (Å²) < 4.78 is 41.2. The zero-order valence-electron chi connectivity index (χ0n) is 32.8. The molecule has 5 aromatic rings. The Morgan fingerprint density at radius 2 is 1.81 bits per heavy atom. The van der Waals surface area contributed by atoms with Crippen molar-refractivity contribution in [3.63, 3.8) is 0 Å². The van der Waals surface area contributed by atoms with Gasteiger partial charge in [-0.1, -0.05) is 36.4 Å². The number of rotatable bonds is 13. The molecule has 9 rings (SSSR count). The van der Waals surface area contributed by atoms with Gasteiger partial charge in [0.25, 0.3) is 21.6 Å². The van der Waals surface area contributed by atoms with Crippen LogP contribution in [0.15, 0.2) is 96.2 Å². The van der Waals surface area contributed by atoms with Gasteiger partial charge in [-0.3, -0.25) is 19.8 Å². The van der Waals surface area contributed by atoms with Crippen molar-refractivity contribution in [2.75, 3.05) is 31.6 Å². The van der Waals surface area contributed by atoms with E-state index in [9.17, 15) is 23.3 Å². The highest BCUT2D eigenvalue weighted by atomic mass is 32.2. The molecule has 3 aromatic carbocycles. The third-order valence-electron chi connectivity index (χ3n) is 12.3. The summed E-state index contributed by atoms with van der Waals surface area (Å²) in [5.74, 6) is 0.579. The number of likely N-dealkylation sites (tertiary alicyclic amines) is 1. The van der Waals surface area contributed by atoms with Crippen LogP contribution in [0.5, 0.6) is 11.5 Å². The number of amides is 1. The number of benzene rings is 3. The summed E-state index contributed by atoms with van der Waals surface area (Å²) in [5, 5.41) is 16.0. The summed E-state index contributed by atoms with van der Waals surface area (Å²) in [7, 11) is -4.54. The number of hydrogen-bond acceptors (Lipinski definition) is 10. The van der Waals surface area contributed by atoms with E-state index in [0.717, 1.165) is 61.2 Å². The van der Waals surface area contributed by atoms with E-state index in [2.05, 4.69) is 55.2 Å². The molecule has 14 heteroatoms. The lowest BCUT2D eigenvalue weighted by atomic mass is 9.88. The maximum Gasteiger partial charge on any atom is 0.293 e. The Kier molecular flexibility index (Phi) is 10.9. The average Bonchev–Trinajstić information content (AvgIpc) is 3.79. The van der Waals surface area contributed by atoms with E-state index in [1.165, 1.54) is 48.9 Å². The molecule has 3 fully saturated rings. The molecule has 1 amide bonds. The highest BCUT2D eigenvalue weighted by molar-refractivity contribution is 7.90. The minimum atomic E-state index is -4.54. The van der Waals surface area contributed by atoms with E-state index in [-0.39, 0.29) is 22.9 Å². The maximum absolute atomic E-state index is 13.9. The van der Waals surface area contributed by atoms with Gasteiger partial charge in [-0.2, -0.15) is 0 Å². The van der Waals surface area contributed by atoms with Crippen LogP contribution in [0.2, 0.25) is 0 Å². The number of nitro benzene ring substituents is 1. The van der Waals surface area contributed by atoms with Crippen molar-refractivity contribution in [2.24, 2.45) is 5.92 Å². The first-order valence-corrected chi connectivity index (χ1v) is 22.1. The largest absolute Gasteiger partial charge is 0.455 e. The first kappa shape index (κ1) is 38.9. The fraction of sp³-hybridized carbons (Fsp3) is 0.378. The number of H-pyrrole nitrogens is 1. The van der Waals surface area contributed by atoms with E-state index < -0.39 is 31.4 Å². The van der Waals surface area contributed by atoms with Gasteiger partial charge in [0.1, 0.15) is 22.8 Å². The van der Waals surface area contributed by atoms with Crippen molar-refractivity contribution >= 4 is 43.9 Å². The zero-order chi connectivity index (χ0) is 40.5. The maximum atomic E-state index is 13.9. The van der Waals surface area contributed by atoms with Gasteiger partial charge in [0.05, 0.1) is 21.6 Å². The summed E-state index contributed by atoms with van der Waals surface area (Å²) >= 11 is 0. The number of nitrogens with one attached hydrogen (secondary N) is 3. The number of carbonyl (C=O) groups excluding carboxylic acids is 1. The Balaban J connectivity index is 0.954. The Labute approximate surface area is 343 Å². The van der Waals surface area contributed by atoms with Crippen molar-refractivity contribution in [3.8, 4) is 11.5 Å². The number of sulfonamides is 1. The number of carbonyl (C=O) groups is 1. The molecule has 1 saturated carbocycles. The molecule has 2 saturated heterocycles. The number of fused-ring (bicyclic) bond motifs is 1. The molecule has 0 spiro atoms. The van der Waals surface area contributed by atoms with Crippen molar-refractivity contribution in [1.82, 2.24) is 19.6 Å². The predicted octanol–water partition coefficient (Wildman–Crippen LogP) is 8.87. The lowest BCUT2D eigenvalue weighted by Gasteiger charge is -2.36. The van der Waals surface area contributed by atoms with Gasteiger partial charge in [-0.15, -0.1) is 0 Å². The first-order valence-electron chi connectivity index (χ1n) is 20.7. The molecule has 2 aliphatic carbocycles. The van der Waals surface area contributed by atoms with Gasteiger partial charge in [0, 0.05) is 49.5 Å². The number of allylic oxidation sites excluding steroid dienone is 1. The molecular weight excluding hydrogens is 769 g/mol. The highest BCUT2D eigenvalue weighted by Crippen LogP contribution is 2.47. The van der Waals surface area contributed by atoms with Crippen LogP contribution in [0.3, 0.4) is 0 Å². The smallest absolute Gasteiger partial charge is 0.293 e. The quantitative estimate of drug-likeness (QED) is 0.0771. The first-order chi connectivity index (χ1) is 28.7. The normalized spacial score (nSPS) is 20.3. The molecule has 0 bridgehead atoms. The molecule has 59 heavy (non-hydrogen) atoms. The Morgan fingerprint density at radius 1 is 0.983 bits per heavy atom. The van der Waals surface area contributed by atoms with Gasteiger partial charge in [0.2, 0.25) is 0 Å². The molecule has 0 radical (unpaired) electrons. The number of nitro groups is 1. The Hall–Kier alpha value is -5.57. The summed E-state index contributed by atoms with van der Waals surface area (Å²) in [4.78, 5) is 35.1. The fourth-order valence-corrected chi connectivity index (χ4v) is 10.0. The number of anilines is 1. The molecule has 306 valence electrons. The average molecular weight is 817 g/mol. The monoisotopic (exact) mass is 816 g/mol. The van der Waals surface area contributed by atoms with Crippen LogP contribution in [-0.2, 0) is 14.8 Å². The number of pyridine rings is 1. The van der Waals surface area contributed by atoms with E-state index in [1.807, 2.05) is 12.1 Å². The molecule has 2 aromatic heterocycles. The molecule has 0 unspecified atom stereocenters. The molecule has 3 N–H and O–H groups in total. The molecule has 4 heterocycles. The lowest BCUT2D eigenvalue weighted by Crippen LogP contribution is -2.36. The number of aromatic nitrogens is 2. The molecule has 2 aliphatic heterocycles.